The van der Waals surface area contributed by atoms with Gasteiger partial charge in [0.25, 0.3) is 0 Å². The molecule has 0 fully saturated rings. The van der Waals surface area contributed by atoms with Crippen molar-refractivity contribution >= 4 is 23.6 Å². The molecular formula is C27H33N3O4. The van der Waals surface area contributed by atoms with Crippen LogP contribution in [0.5, 0.6) is 0 Å². The van der Waals surface area contributed by atoms with Gasteiger partial charge in [-0.3, -0.25) is 9.69 Å². The minimum Gasteiger partial charge on any atom is -0.459 e. The molecule has 0 bridgehead atoms. The number of esters is 1. The van der Waals surface area contributed by atoms with E-state index >= 15 is 0 Å². The number of anilines is 1. The van der Waals surface area contributed by atoms with Crippen LogP contribution in [-0.4, -0.2) is 35.5 Å². The molecule has 1 heterocycles. The summed E-state index contributed by atoms with van der Waals surface area (Å²) in [5.74, 6) is -0.863. The van der Waals surface area contributed by atoms with Crippen LogP contribution in [0, 0.1) is 0 Å². The van der Waals surface area contributed by atoms with Gasteiger partial charge in [-0.05, 0) is 57.4 Å². The fourth-order valence-electron chi connectivity index (χ4n) is 4.24. The van der Waals surface area contributed by atoms with Crippen LogP contribution in [0.3, 0.4) is 0 Å². The maximum atomic E-state index is 13.0. The summed E-state index contributed by atoms with van der Waals surface area (Å²) >= 11 is 0. The standard InChI is InChI=1S/C27H33N3O4/c1-6-22(19-12-9-8-10-13-19)25(31)28-21-15-11-14-20(16-21)24-23(26(32)34-17(3)4)18(5)30(7-2)27(33)29-24/h8-17,22,24H,6-7H2,1-5H3,(H,28,31)(H,29,33). The van der Waals surface area contributed by atoms with Crippen LogP contribution in [0.4, 0.5) is 10.5 Å². The summed E-state index contributed by atoms with van der Waals surface area (Å²) in [5, 5.41) is 5.92. The van der Waals surface area contributed by atoms with Crippen molar-refractivity contribution in [3.05, 3.63) is 77.0 Å². The van der Waals surface area contributed by atoms with Gasteiger partial charge in [-0.2, -0.15) is 0 Å². The minimum absolute atomic E-state index is 0.109. The van der Waals surface area contributed by atoms with E-state index in [0.29, 0.717) is 35.5 Å². The molecule has 7 nitrogen and oxygen atoms in total. The highest BCUT2D eigenvalue weighted by atomic mass is 16.5. The number of nitrogens with zero attached hydrogens (tertiary/aromatic N) is 1. The first-order valence-electron chi connectivity index (χ1n) is 11.7. The third-order valence-electron chi connectivity index (χ3n) is 5.89. The molecule has 3 amide bonds. The average molecular weight is 464 g/mol. The first-order chi connectivity index (χ1) is 16.3. The molecule has 0 aliphatic carbocycles. The molecule has 180 valence electrons. The number of benzene rings is 2. The molecule has 0 aromatic heterocycles. The van der Waals surface area contributed by atoms with Crippen molar-refractivity contribution in [3.63, 3.8) is 0 Å². The number of hydrogen-bond donors (Lipinski definition) is 2. The Kier molecular flexibility index (Phi) is 8.10. The van der Waals surface area contributed by atoms with E-state index in [1.54, 1.807) is 39.0 Å². The van der Waals surface area contributed by atoms with Gasteiger partial charge < -0.3 is 15.4 Å². The summed E-state index contributed by atoms with van der Waals surface area (Å²) in [4.78, 5) is 40.3. The van der Waals surface area contributed by atoms with Gasteiger partial charge in [0.15, 0.2) is 0 Å². The van der Waals surface area contributed by atoms with Crippen molar-refractivity contribution in [2.45, 2.75) is 59.1 Å². The highest BCUT2D eigenvalue weighted by Crippen LogP contribution is 2.33. The molecule has 1 aliphatic rings. The summed E-state index contributed by atoms with van der Waals surface area (Å²) in [6, 6.07) is 15.9. The number of rotatable bonds is 8. The first-order valence-corrected chi connectivity index (χ1v) is 11.7. The maximum Gasteiger partial charge on any atom is 0.338 e. The van der Waals surface area contributed by atoms with Crippen LogP contribution in [-0.2, 0) is 14.3 Å². The Balaban J connectivity index is 1.92. The number of urea groups is 1. The van der Waals surface area contributed by atoms with E-state index < -0.39 is 12.0 Å². The molecular weight excluding hydrogens is 430 g/mol. The van der Waals surface area contributed by atoms with Gasteiger partial charge >= 0.3 is 12.0 Å². The molecule has 3 rings (SSSR count). The highest BCUT2D eigenvalue weighted by molar-refractivity contribution is 5.97. The van der Waals surface area contributed by atoms with Gasteiger partial charge in [0.05, 0.1) is 23.6 Å². The Hall–Kier alpha value is -3.61. The SMILES string of the molecule is CCC(C(=O)Nc1cccc(C2NC(=O)N(CC)C(C)=C2C(=O)OC(C)C)c1)c1ccccc1. The lowest BCUT2D eigenvalue weighted by molar-refractivity contribution is -0.143. The Bertz CT molecular complexity index is 1080. The first kappa shape index (κ1) is 25.0. The third-order valence-corrected chi connectivity index (χ3v) is 5.89. The zero-order valence-corrected chi connectivity index (χ0v) is 20.4. The second-order valence-electron chi connectivity index (χ2n) is 8.57. The lowest BCUT2D eigenvalue weighted by atomic mass is 9.93. The van der Waals surface area contributed by atoms with E-state index in [9.17, 15) is 14.4 Å². The van der Waals surface area contributed by atoms with Crippen molar-refractivity contribution in [2.24, 2.45) is 0 Å². The van der Waals surface area contributed by atoms with Gasteiger partial charge in [-0.25, -0.2) is 9.59 Å². The van der Waals surface area contributed by atoms with Gasteiger partial charge in [0, 0.05) is 17.9 Å². The molecule has 7 heteroatoms. The fourth-order valence-corrected chi connectivity index (χ4v) is 4.24. The smallest absolute Gasteiger partial charge is 0.338 e. The third kappa shape index (κ3) is 5.47. The number of ether oxygens (including phenoxy) is 1. The largest absolute Gasteiger partial charge is 0.459 e. The molecule has 2 aromatic carbocycles. The number of amides is 3. The van der Waals surface area contributed by atoms with Crippen molar-refractivity contribution in [2.75, 3.05) is 11.9 Å². The molecule has 2 atom stereocenters. The van der Waals surface area contributed by atoms with Gasteiger partial charge in [0.2, 0.25) is 5.91 Å². The summed E-state index contributed by atoms with van der Waals surface area (Å²) < 4.78 is 5.49. The molecule has 2 aromatic rings. The molecule has 0 saturated heterocycles. The van der Waals surface area contributed by atoms with E-state index in [1.807, 2.05) is 50.2 Å². The van der Waals surface area contributed by atoms with E-state index in [4.69, 9.17) is 4.74 Å². The van der Waals surface area contributed by atoms with E-state index in [-0.39, 0.29) is 24.0 Å². The van der Waals surface area contributed by atoms with Crippen molar-refractivity contribution in [1.82, 2.24) is 10.2 Å². The van der Waals surface area contributed by atoms with Crippen LogP contribution >= 0.6 is 0 Å². The Morgan fingerprint density at radius 1 is 1.09 bits per heavy atom. The number of carbonyl (C=O) groups is 3. The quantitative estimate of drug-likeness (QED) is 0.531. The summed E-state index contributed by atoms with van der Waals surface area (Å²) in [7, 11) is 0. The molecule has 2 N–H and O–H groups in total. The van der Waals surface area contributed by atoms with Gasteiger partial charge in [0.1, 0.15) is 0 Å². The minimum atomic E-state index is -0.686. The van der Waals surface area contributed by atoms with Crippen LogP contribution in [0.1, 0.15) is 64.1 Å². The Morgan fingerprint density at radius 3 is 2.41 bits per heavy atom. The van der Waals surface area contributed by atoms with Gasteiger partial charge in [-0.15, -0.1) is 0 Å². The van der Waals surface area contributed by atoms with Crippen molar-refractivity contribution in [1.29, 1.82) is 0 Å². The molecule has 34 heavy (non-hydrogen) atoms. The Labute approximate surface area is 201 Å². The van der Waals surface area contributed by atoms with Crippen LogP contribution in [0.15, 0.2) is 65.9 Å². The zero-order chi connectivity index (χ0) is 24.8. The zero-order valence-electron chi connectivity index (χ0n) is 20.4. The molecule has 0 saturated carbocycles. The van der Waals surface area contributed by atoms with E-state index in [0.717, 1.165) is 5.56 Å². The predicted octanol–water partition coefficient (Wildman–Crippen LogP) is 5.13. The summed E-state index contributed by atoms with van der Waals surface area (Å²) in [5.41, 5.74) is 3.18. The number of allylic oxidation sites excluding steroid dienone is 1. The van der Waals surface area contributed by atoms with E-state index in [2.05, 4.69) is 10.6 Å². The fraction of sp³-hybridized carbons (Fsp3) is 0.370. The van der Waals surface area contributed by atoms with E-state index in [1.165, 1.54) is 4.90 Å². The second kappa shape index (κ2) is 11.0. The molecule has 2 unspecified atom stereocenters. The topological polar surface area (TPSA) is 87.7 Å². The summed E-state index contributed by atoms with van der Waals surface area (Å²) in [6.45, 7) is 9.58. The van der Waals surface area contributed by atoms with Crippen LogP contribution in [0.25, 0.3) is 0 Å². The molecule has 1 aliphatic heterocycles. The van der Waals surface area contributed by atoms with Crippen LogP contribution < -0.4 is 10.6 Å². The van der Waals surface area contributed by atoms with Crippen molar-refractivity contribution < 1.29 is 19.1 Å². The number of carbonyl (C=O) groups excluding carboxylic acids is 3. The monoisotopic (exact) mass is 463 g/mol. The lowest BCUT2D eigenvalue weighted by Crippen LogP contribution is -2.48. The number of hydrogen-bond acceptors (Lipinski definition) is 4. The van der Waals surface area contributed by atoms with Crippen LogP contribution in [0.2, 0.25) is 0 Å². The maximum absolute atomic E-state index is 13.0. The lowest BCUT2D eigenvalue weighted by Gasteiger charge is -2.35. The molecule has 0 spiro atoms. The normalized spacial score (nSPS) is 16.8. The van der Waals surface area contributed by atoms with Gasteiger partial charge in [-0.1, -0.05) is 49.4 Å². The molecule has 0 radical (unpaired) electrons. The number of nitrogens with one attached hydrogen (secondary N) is 2. The second-order valence-corrected chi connectivity index (χ2v) is 8.57. The van der Waals surface area contributed by atoms with Crippen molar-refractivity contribution in [3.8, 4) is 0 Å². The predicted molar refractivity (Wildman–Crippen MR) is 132 cm³/mol. The highest BCUT2D eigenvalue weighted by Gasteiger charge is 2.36. The average Bonchev–Trinajstić information content (AvgIpc) is 2.79. The Morgan fingerprint density at radius 2 is 1.79 bits per heavy atom. The summed E-state index contributed by atoms with van der Waals surface area (Å²) in [6.07, 6.45) is 0.365.